The molecule has 0 aromatic heterocycles. The summed E-state index contributed by atoms with van der Waals surface area (Å²) in [5, 5.41) is 6.51. The molecule has 0 bridgehead atoms. The van der Waals surface area contributed by atoms with Gasteiger partial charge in [0.1, 0.15) is 0 Å². The van der Waals surface area contributed by atoms with Gasteiger partial charge in [0.2, 0.25) is 5.91 Å². The second-order valence-corrected chi connectivity index (χ2v) is 6.91. The van der Waals surface area contributed by atoms with Crippen molar-refractivity contribution in [3.8, 4) is 0 Å². The monoisotopic (exact) mass is 372 g/mol. The Morgan fingerprint density at radius 2 is 2.05 bits per heavy atom. The van der Waals surface area contributed by atoms with Crippen LogP contribution in [0.25, 0.3) is 0 Å². The van der Waals surface area contributed by atoms with Crippen molar-refractivity contribution in [1.29, 1.82) is 0 Å². The van der Waals surface area contributed by atoms with Crippen molar-refractivity contribution >= 4 is 34.2 Å². The third-order valence-electron chi connectivity index (χ3n) is 4.58. The molecule has 1 aromatic rings. The van der Waals surface area contributed by atoms with Gasteiger partial charge in [0.25, 0.3) is 0 Å². The van der Waals surface area contributed by atoms with Crippen LogP contribution in [0.2, 0.25) is 0 Å². The molecule has 0 radical (unpaired) electrons. The molecule has 1 aromatic carbocycles. The number of carbonyl (C=O) groups is 1. The highest BCUT2D eigenvalue weighted by Crippen LogP contribution is 2.48. The Labute approximate surface area is 140 Å². The van der Waals surface area contributed by atoms with Crippen LogP contribution in [0.15, 0.2) is 28.7 Å². The first-order chi connectivity index (χ1) is 9.71. The number of hydrogen-bond donors (Lipinski definition) is 2. The van der Waals surface area contributed by atoms with E-state index in [1.54, 1.807) is 0 Å². The van der Waals surface area contributed by atoms with E-state index in [2.05, 4.69) is 38.7 Å². The Bertz CT molecular complexity index is 482. The van der Waals surface area contributed by atoms with E-state index < -0.39 is 0 Å². The summed E-state index contributed by atoms with van der Waals surface area (Å²) in [6, 6.07) is 8.18. The van der Waals surface area contributed by atoms with E-state index >= 15 is 0 Å². The Kier molecular flexibility index (Phi) is 5.69. The highest BCUT2D eigenvalue weighted by Gasteiger charge is 2.50. The summed E-state index contributed by atoms with van der Waals surface area (Å²) < 4.78 is 1.06. The van der Waals surface area contributed by atoms with E-state index in [9.17, 15) is 4.79 Å². The average molecular weight is 374 g/mol. The van der Waals surface area contributed by atoms with Gasteiger partial charge in [-0.25, -0.2) is 0 Å². The predicted octanol–water partition coefficient (Wildman–Crippen LogP) is 3.02. The minimum absolute atomic E-state index is 0. The van der Waals surface area contributed by atoms with Crippen LogP contribution < -0.4 is 10.6 Å². The molecule has 1 heterocycles. The summed E-state index contributed by atoms with van der Waals surface area (Å²) in [5.74, 6) is 0.948. The van der Waals surface area contributed by atoms with Gasteiger partial charge in [-0.15, -0.1) is 12.4 Å². The normalized spacial score (nSPS) is 22.4. The quantitative estimate of drug-likeness (QED) is 0.833. The molecular weight excluding hydrogens is 352 g/mol. The van der Waals surface area contributed by atoms with E-state index in [0.29, 0.717) is 0 Å². The Morgan fingerprint density at radius 1 is 1.33 bits per heavy atom. The van der Waals surface area contributed by atoms with Gasteiger partial charge in [-0.05, 0) is 62.4 Å². The van der Waals surface area contributed by atoms with Crippen molar-refractivity contribution in [2.45, 2.75) is 31.1 Å². The van der Waals surface area contributed by atoms with Crippen molar-refractivity contribution in [3.63, 3.8) is 0 Å². The predicted molar refractivity (Wildman–Crippen MR) is 90.9 cm³/mol. The van der Waals surface area contributed by atoms with Crippen LogP contribution in [0.1, 0.15) is 31.2 Å². The van der Waals surface area contributed by atoms with Crippen LogP contribution in [0, 0.1) is 5.92 Å². The zero-order valence-corrected chi connectivity index (χ0v) is 14.4. The first-order valence-electron chi connectivity index (χ1n) is 7.46. The van der Waals surface area contributed by atoms with Gasteiger partial charge in [-0.1, -0.05) is 28.1 Å². The Hall–Kier alpha value is -0.580. The number of hydrogen-bond acceptors (Lipinski definition) is 2. The summed E-state index contributed by atoms with van der Waals surface area (Å²) in [5.41, 5.74) is 0.912. The maximum atomic E-state index is 12.4. The smallest absolute Gasteiger partial charge is 0.230 e. The number of nitrogens with one attached hydrogen (secondary N) is 2. The fraction of sp³-hybridized carbons (Fsp3) is 0.562. The van der Waals surface area contributed by atoms with E-state index in [1.165, 1.54) is 6.42 Å². The average Bonchev–Trinajstić information content (AvgIpc) is 3.10. The summed E-state index contributed by atoms with van der Waals surface area (Å²) in [4.78, 5) is 12.4. The zero-order valence-electron chi connectivity index (χ0n) is 12.0. The molecule has 2 fully saturated rings. The largest absolute Gasteiger partial charge is 0.355 e. The second kappa shape index (κ2) is 7.12. The van der Waals surface area contributed by atoms with Gasteiger partial charge in [-0.2, -0.15) is 0 Å². The van der Waals surface area contributed by atoms with Crippen LogP contribution in [0.4, 0.5) is 0 Å². The van der Waals surface area contributed by atoms with E-state index in [1.807, 2.05) is 12.1 Å². The lowest BCUT2D eigenvalue weighted by atomic mass is 9.95. The molecule has 1 aliphatic heterocycles. The van der Waals surface area contributed by atoms with Gasteiger partial charge >= 0.3 is 0 Å². The van der Waals surface area contributed by atoms with Gasteiger partial charge < -0.3 is 10.6 Å². The molecule has 2 N–H and O–H groups in total. The summed E-state index contributed by atoms with van der Waals surface area (Å²) in [6.07, 6.45) is 4.29. The molecule has 21 heavy (non-hydrogen) atoms. The van der Waals surface area contributed by atoms with Crippen LogP contribution in [0.3, 0.4) is 0 Å². The molecular formula is C16H22BrClN2O. The molecule has 2 aliphatic rings. The third kappa shape index (κ3) is 3.79. The van der Waals surface area contributed by atoms with Gasteiger partial charge in [-0.3, -0.25) is 4.79 Å². The van der Waals surface area contributed by atoms with Crippen molar-refractivity contribution in [1.82, 2.24) is 10.6 Å². The molecule has 1 atom stereocenters. The number of carbonyl (C=O) groups excluding carboxylic acids is 1. The Balaban J connectivity index is 0.00000161. The lowest BCUT2D eigenvalue weighted by Gasteiger charge is -2.17. The molecule has 5 heteroatoms. The number of amides is 1. The van der Waals surface area contributed by atoms with Crippen LogP contribution in [0.5, 0.6) is 0 Å². The molecule has 1 saturated heterocycles. The maximum Gasteiger partial charge on any atom is 0.230 e. The number of rotatable bonds is 5. The van der Waals surface area contributed by atoms with Crippen molar-refractivity contribution in [2.75, 3.05) is 19.6 Å². The Morgan fingerprint density at radius 3 is 2.62 bits per heavy atom. The van der Waals surface area contributed by atoms with Gasteiger partial charge in [0.15, 0.2) is 0 Å². The minimum atomic E-state index is -0.241. The minimum Gasteiger partial charge on any atom is -0.355 e. The SMILES string of the molecule is Cl.O=C(NCCC1CCNC1)C1(c2ccc(Br)cc2)CC1. The summed E-state index contributed by atoms with van der Waals surface area (Å²) in [6.45, 7) is 3.04. The number of benzene rings is 1. The van der Waals surface area contributed by atoms with Gasteiger partial charge in [0.05, 0.1) is 5.41 Å². The van der Waals surface area contributed by atoms with Gasteiger partial charge in [0, 0.05) is 11.0 Å². The molecule has 1 saturated carbocycles. The van der Waals surface area contributed by atoms with E-state index in [4.69, 9.17) is 0 Å². The molecule has 1 aliphatic carbocycles. The van der Waals surface area contributed by atoms with Crippen LogP contribution in [-0.4, -0.2) is 25.5 Å². The lowest BCUT2D eigenvalue weighted by molar-refractivity contribution is -0.123. The third-order valence-corrected chi connectivity index (χ3v) is 5.11. The van der Waals surface area contributed by atoms with Crippen LogP contribution in [-0.2, 0) is 10.2 Å². The number of halogens is 2. The lowest BCUT2D eigenvalue weighted by Crippen LogP contribution is -2.36. The van der Waals surface area contributed by atoms with Crippen molar-refractivity contribution in [2.24, 2.45) is 5.92 Å². The molecule has 0 spiro atoms. The first kappa shape index (κ1) is 16.8. The molecule has 1 unspecified atom stereocenters. The zero-order chi connectivity index (χ0) is 14.0. The van der Waals surface area contributed by atoms with Crippen LogP contribution >= 0.6 is 28.3 Å². The van der Waals surface area contributed by atoms with E-state index in [-0.39, 0.29) is 23.7 Å². The highest BCUT2D eigenvalue weighted by molar-refractivity contribution is 9.10. The topological polar surface area (TPSA) is 41.1 Å². The standard InChI is InChI=1S/C16H21BrN2O.ClH/c17-14-3-1-13(2-4-14)16(7-8-16)15(20)19-10-6-12-5-9-18-11-12;/h1-4,12,18H,5-11H2,(H,19,20);1H. The van der Waals surface area contributed by atoms with E-state index in [0.717, 1.165) is 54.9 Å². The van der Waals surface area contributed by atoms with Crippen molar-refractivity contribution < 1.29 is 4.79 Å². The second-order valence-electron chi connectivity index (χ2n) is 5.99. The summed E-state index contributed by atoms with van der Waals surface area (Å²) >= 11 is 3.44. The maximum absolute atomic E-state index is 12.4. The fourth-order valence-corrected chi connectivity index (χ4v) is 3.32. The molecule has 1 amide bonds. The highest BCUT2D eigenvalue weighted by atomic mass is 79.9. The molecule has 3 nitrogen and oxygen atoms in total. The fourth-order valence-electron chi connectivity index (χ4n) is 3.06. The molecule has 116 valence electrons. The molecule has 3 rings (SSSR count). The van der Waals surface area contributed by atoms with Crippen molar-refractivity contribution in [3.05, 3.63) is 34.3 Å². The first-order valence-corrected chi connectivity index (χ1v) is 8.25. The summed E-state index contributed by atoms with van der Waals surface area (Å²) in [7, 11) is 0.